The Morgan fingerprint density at radius 3 is 1.54 bits per heavy atom. The van der Waals surface area contributed by atoms with Crippen LogP contribution in [0, 0.1) is 5.92 Å². The second kappa shape index (κ2) is 21.2. The van der Waals surface area contributed by atoms with Crippen LogP contribution in [0.15, 0.2) is 0 Å². The van der Waals surface area contributed by atoms with E-state index in [1.165, 1.54) is 103 Å². The molecule has 0 aromatic carbocycles. The van der Waals surface area contributed by atoms with Gasteiger partial charge in [-0.2, -0.15) is 0 Å². The van der Waals surface area contributed by atoms with Crippen molar-refractivity contribution < 1.29 is 9.53 Å². The molecule has 0 fully saturated rings. The molecule has 2 nitrogen and oxygen atoms in total. The Bertz CT molecular complexity index is 324. The third-order valence-corrected chi connectivity index (χ3v) is 5.71. The Kier molecular flexibility index (Phi) is 20.8. The predicted molar refractivity (Wildman–Crippen MR) is 124 cm³/mol. The number of hydrogen-bond donors (Lipinski definition) is 0. The summed E-state index contributed by atoms with van der Waals surface area (Å²) in [5, 5.41) is 0. The van der Waals surface area contributed by atoms with Gasteiger partial charge < -0.3 is 4.74 Å². The van der Waals surface area contributed by atoms with Crippen molar-refractivity contribution in [2.75, 3.05) is 0 Å². The number of hydrogen-bond acceptors (Lipinski definition) is 2. The van der Waals surface area contributed by atoms with Gasteiger partial charge in [0.15, 0.2) is 0 Å². The van der Waals surface area contributed by atoms with E-state index < -0.39 is 0 Å². The van der Waals surface area contributed by atoms with E-state index in [-0.39, 0.29) is 12.1 Å². The maximum Gasteiger partial charge on any atom is 0.306 e. The van der Waals surface area contributed by atoms with Gasteiger partial charge in [-0.15, -0.1) is 0 Å². The third kappa shape index (κ3) is 21.8. The summed E-state index contributed by atoms with van der Waals surface area (Å²) in [6.07, 6.45) is 24.2. The first-order valence-electron chi connectivity index (χ1n) is 12.8. The molecule has 0 amide bonds. The van der Waals surface area contributed by atoms with Crippen LogP contribution in [0.2, 0.25) is 0 Å². The molecule has 0 aliphatic heterocycles. The van der Waals surface area contributed by atoms with E-state index in [1.54, 1.807) is 0 Å². The minimum atomic E-state index is 0.0105. The van der Waals surface area contributed by atoms with Gasteiger partial charge in [0, 0.05) is 6.42 Å². The second-order valence-electron chi connectivity index (χ2n) is 9.32. The van der Waals surface area contributed by atoms with Gasteiger partial charge in [-0.25, -0.2) is 0 Å². The fraction of sp³-hybridized carbons (Fsp3) is 0.962. The number of rotatable bonds is 21. The van der Waals surface area contributed by atoms with Crippen LogP contribution in [-0.2, 0) is 9.53 Å². The molecule has 0 N–H and O–H groups in total. The quantitative estimate of drug-likeness (QED) is 0.143. The maximum atomic E-state index is 11.9. The van der Waals surface area contributed by atoms with Gasteiger partial charge in [0.05, 0.1) is 6.10 Å². The zero-order valence-corrected chi connectivity index (χ0v) is 19.9. The van der Waals surface area contributed by atoms with Crippen LogP contribution in [0.25, 0.3) is 0 Å². The number of carbonyl (C=O) groups excluding carboxylic acids is 1. The first-order chi connectivity index (χ1) is 13.6. The van der Waals surface area contributed by atoms with Crippen LogP contribution in [-0.4, -0.2) is 12.1 Å². The normalized spacial score (nSPS) is 12.5. The van der Waals surface area contributed by atoms with Crippen molar-refractivity contribution >= 4 is 5.97 Å². The molecule has 0 spiro atoms. The fourth-order valence-electron chi connectivity index (χ4n) is 3.79. The summed E-state index contributed by atoms with van der Waals surface area (Å²) >= 11 is 0. The van der Waals surface area contributed by atoms with E-state index in [1.807, 2.05) is 6.92 Å². The van der Waals surface area contributed by atoms with E-state index in [4.69, 9.17) is 4.74 Å². The van der Waals surface area contributed by atoms with Gasteiger partial charge in [-0.05, 0) is 32.1 Å². The molecule has 0 saturated heterocycles. The number of ether oxygens (including phenoxy) is 1. The maximum absolute atomic E-state index is 11.9. The molecular formula is C26H52O2. The first-order valence-corrected chi connectivity index (χ1v) is 12.8. The molecule has 0 saturated carbocycles. The summed E-state index contributed by atoms with van der Waals surface area (Å²) in [5.41, 5.74) is 0. The highest BCUT2D eigenvalue weighted by atomic mass is 16.5. The van der Waals surface area contributed by atoms with Crippen molar-refractivity contribution in [2.45, 2.75) is 156 Å². The highest BCUT2D eigenvalue weighted by Crippen LogP contribution is 2.15. The molecule has 0 heterocycles. The summed E-state index contributed by atoms with van der Waals surface area (Å²) < 4.78 is 5.51. The van der Waals surface area contributed by atoms with Gasteiger partial charge in [0.1, 0.15) is 0 Å². The third-order valence-electron chi connectivity index (χ3n) is 5.71. The zero-order chi connectivity index (χ0) is 20.9. The minimum absolute atomic E-state index is 0.0105. The average molecular weight is 397 g/mol. The molecule has 0 aromatic rings. The fourth-order valence-corrected chi connectivity index (χ4v) is 3.79. The molecule has 0 aliphatic rings. The molecule has 0 unspecified atom stereocenters. The lowest BCUT2D eigenvalue weighted by Crippen LogP contribution is -2.14. The van der Waals surface area contributed by atoms with E-state index in [2.05, 4.69) is 20.8 Å². The Balaban J connectivity index is 3.24. The highest BCUT2D eigenvalue weighted by molar-refractivity contribution is 5.69. The molecule has 0 aliphatic carbocycles. The van der Waals surface area contributed by atoms with Crippen LogP contribution < -0.4 is 0 Å². The summed E-state index contributed by atoms with van der Waals surface area (Å²) in [6.45, 7) is 8.90. The molecule has 168 valence electrons. The highest BCUT2D eigenvalue weighted by Gasteiger charge is 2.08. The zero-order valence-electron chi connectivity index (χ0n) is 19.9. The lowest BCUT2D eigenvalue weighted by atomic mass is 10.0. The van der Waals surface area contributed by atoms with Gasteiger partial charge in [-0.1, -0.05) is 117 Å². The van der Waals surface area contributed by atoms with E-state index in [9.17, 15) is 4.79 Å². The number of esters is 1. The summed E-state index contributed by atoms with van der Waals surface area (Å²) in [5.74, 6) is 0.880. The average Bonchev–Trinajstić information content (AvgIpc) is 2.65. The van der Waals surface area contributed by atoms with Crippen molar-refractivity contribution in [1.29, 1.82) is 0 Å². The Hall–Kier alpha value is -0.530. The van der Waals surface area contributed by atoms with E-state index in [0.717, 1.165) is 18.8 Å². The summed E-state index contributed by atoms with van der Waals surface area (Å²) in [7, 11) is 0. The van der Waals surface area contributed by atoms with Gasteiger partial charge in [-0.3, -0.25) is 4.79 Å². The predicted octanol–water partition coefficient (Wildman–Crippen LogP) is 9.01. The molecule has 0 aromatic heterocycles. The molecule has 0 radical (unpaired) electrons. The Morgan fingerprint density at radius 2 is 1.04 bits per heavy atom. The first kappa shape index (κ1) is 27.5. The van der Waals surface area contributed by atoms with Crippen molar-refractivity contribution in [1.82, 2.24) is 0 Å². The van der Waals surface area contributed by atoms with E-state index in [0.29, 0.717) is 6.42 Å². The van der Waals surface area contributed by atoms with E-state index >= 15 is 0 Å². The second-order valence-corrected chi connectivity index (χ2v) is 9.32. The van der Waals surface area contributed by atoms with Gasteiger partial charge in [0.2, 0.25) is 0 Å². The van der Waals surface area contributed by atoms with Gasteiger partial charge in [0.25, 0.3) is 0 Å². The largest absolute Gasteiger partial charge is 0.463 e. The lowest BCUT2D eigenvalue weighted by molar-refractivity contribution is -0.148. The minimum Gasteiger partial charge on any atom is -0.463 e. The lowest BCUT2D eigenvalue weighted by Gasteiger charge is -2.13. The SMILES string of the molecule is CCCCCC[C@@H](C)OC(=O)CCCCCCCCCCCCCCC(C)C. The van der Waals surface area contributed by atoms with Crippen LogP contribution in [0.3, 0.4) is 0 Å². The molecular weight excluding hydrogens is 344 g/mol. The van der Waals surface area contributed by atoms with Crippen molar-refractivity contribution in [3.8, 4) is 0 Å². The molecule has 28 heavy (non-hydrogen) atoms. The van der Waals surface area contributed by atoms with Crippen LogP contribution >= 0.6 is 0 Å². The van der Waals surface area contributed by atoms with Crippen LogP contribution in [0.5, 0.6) is 0 Å². The number of carbonyl (C=O) groups is 1. The Morgan fingerprint density at radius 1 is 0.607 bits per heavy atom. The molecule has 0 bridgehead atoms. The van der Waals surface area contributed by atoms with Gasteiger partial charge >= 0.3 is 5.97 Å². The standard InChI is InChI=1S/C26H52O2/c1-5-6-7-19-22-25(4)28-26(27)23-20-17-15-13-11-9-8-10-12-14-16-18-21-24(2)3/h24-25H,5-23H2,1-4H3/t25-/m1/s1. The topological polar surface area (TPSA) is 26.3 Å². The van der Waals surface area contributed by atoms with Crippen molar-refractivity contribution in [3.05, 3.63) is 0 Å². The smallest absolute Gasteiger partial charge is 0.306 e. The number of unbranched alkanes of at least 4 members (excludes halogenated alkanes) is 14. The Labute approximate surface area is 177 Å². The summed E-state index contributed by atoms with van der Waals surface area (Å²) in [4.78, 5) is 11.9. The molecule has 1 atom stereocenters. The monoisotopic (exact) mass is 396 g/mol. The molecule has 0 rings (SSSR count). The van der Waals surface area contributed by atoms with Crippen LogP contribution in [0.4, 0.5) is 0 Å². The van der Waals surface area contributed by atoms with Crippen LogP contribution in [0.1, 0.15) is 150 Å². The summed E-state index contributed by atoms with van der Waals surface area (Å²) in [6, 6.07) is 0. The van der Waals surface area contributed by atoms with Crippen molar-refractivity contribution in [3.63, 3.8) is 0 Å². The van der Waals surface area contributed by atoms with Crippen molar-refractivity contribution in [2.24, 2.45) is 5.92 Å². The molecule has 2 heteroatoms.